The zero-order chi connectivity index (χ0) is 24.4. The lowest BCUT2D eigenvalue weighted by Crippen LogP contribution is -2.47. The molecule has 2 aromatic carbocycles. The van der Waals surface area contributed by atoms with Gasteiger partial charge in [-0.25, -0.2) is 18.0 Å². The van der Waals surface area contributed by atoms with Crippen LogP contribution in [0, 0.1) is 13.8 Å². The molecule has 0 saturated heterocycles. The van der Waals surface area contributed by atoms with E-state index >= 15 is 0 Å². The molecule has 1 N–H and O–H groups in total. The second kappa shape index (κ2) is 9.35. The fraction of sp³-hybridized carbons (Fsp3) is 0.375. The van der Waals surface area contributed by atoms with E-state index < -0.39 is 32.4 Å². The Bertz CT molecular complexity index is 1180. The minimum absolute atomic E-state index is 0.0218. The van der Waals surface area contributed by atoms with Crippen LogP contribution in [0.15, 0.2) is 41.3 Å². The third-order valence-electron chi connectivity index (χ3n) is 6.01. The lowest BCUT2D eigenvalue weighted by atomic mass is 10.0. The molecule has 9 heteroatoms. The van der Waals surface area contributed by atoms with E-state index in [-0.39, 0.29) is 34.6 Å². The van der Waals surface area contributed by atoms with Gasteiger partial charge < -0.3 is 14.8 Å². The van der Waals surface area contributed by atoms with Crippen LogP contribution in [0.2, 0.25) is 0 Å². The van der Waals surface area contributed by atoms with Crippen molar-refractivity contribution in [3.8, 4) is 0 Å². The minimum atomic E-state index is -4.03. The number of methoxy groups -OCH3 is 2. The molecule has 176 valence electrons. The summed E-state index contributed by atoms with van der Waals surface area (Å²) in [6, 6.07) is 9.09. The average molecular weight is 474 g/mol. The lowest BCUT2D eigenvalue weighted by molar-refractivity contribution is -0.118. The highest BCUT2D eigenvalue weighted by Crippen LogP contribution is 2.42. The Morgan fingerprint density at radius 1 is 0.879 bits per heavy atom. The molecule has 2 aromatic rings. The number of rotatable bonds is 6. The maximum absolute atomic E-state index is 13.8. The molecule has 0 spiro atoms. The Kier molecular flexibility index (Phi) is 6.92. The predicted octanol–water partition coefficient (Wildman–Crippen LogP) is 3.60. The van der Waals surface area contributed by atoms with Crippen molar-refractivity contribution in [1.29, 1.82) is 0 Å². The zero-order valence-electron chi connectivity index (χ0n) is 19.1. The molecule has 8 nitrogen and oxygen atoms in total. The van der Waals surface area contributed by atoms with Gasteiger partial charge in [-0.1, -0.05) is 25.0 Å². The quantitative estimate of drug-likeness (QED) is 0.637. The smallest absolute Gasteiger partial charge is 0.337 e. The number of aryl methyl sites for hydroxylation is 2. The summed E-state index contributed by atoms with van der Waals surface area (Å²) in [5.41, 5.74) is 1.49. The molecule has 0 radical (unpaired) electrons. The molecule has 0 unspecified atom stereocenters. The third-order valence-corrected chi connectivity index (χ3v) is 8.65. The number of esters is 2. The molecular formula is C24H27NO7S. The average Bonchev–Trinajstić information content (AvgIpc) is 3.31. The van der Waals surface area contributed by atoms with Gasteiger partial charge in [0.05, 0.1) is 30.2 Å². The molecule has 0 heterocycles. The fourth-order valence-corrected chi connectivity index (χ4v) is 6.56. The molecule has 0 atom stereocenters. The fourth-order valence-electron chi connectivity index (χ4n) is 4.19. The topological polar surface area (TPSA) is 116 Å². The van der Waals surface area contributed by atoms with Crippen LogP contribution in [0.25, 0.3) is 0 Å². The van der Waals surface area contributed by atoms with Crippen LogP contribution >= 0.6 is 0 Å². The van der Waals surface area contributed by atoms with Crippen molar-refractivity contribution in [2.24, 2.45) is 0 Å². The Morgan fingerprint density at radius 2 is 1.42 bits per heavy atom. The van der Waals surface area contributed by atoms with Gasteiger partial charge in [-0.15, -0.1) is 0 Å². The van der Waals surface area contributed by atoms with E-state index in [1.54, 1.807) is 26.0 Å². The van der Waals surface area contributed by atoms with Gasteiger partial charge in [0.1, 0.15) is 0 Å². The molecule has 3 rings (SSSR count). The van der Waals surface area contributed by atoms with Crippen molar-refractivity contribution in [3.63, 3.8) is 0 Å². The number of benzene rings is 2. The highest BCUT2D eigenvalue weighted by atomic mass is 32.2. The number of anilines is 1. The van der Waals surface area contributed by atoms with Gasteiger partial charge in [-0.2, -0.15) is 0 Å². The van der Waals surface area contributed by atoms with E-state index in [2.05, 4.69) is 5.32 Å². The lowest BCUT2D eigenvalue weighted by Gasteiger charge is -2.28. The van der Waals surface area contributed by atoms with E-state index in [4.69, 9.17) is 9.47 Å². The molecule has 0 aromatic heterocycles. The Hall–Kier alpha value is -3.20. The first-order chi connectivity index (χ1) is 15.6. The summed E-state index contributed by atoms with van der Waals surface area (Å²) in [7, 11) is -1.65. The highest BCUT2D eigenvalue weighted by Gasteiger charge is 2.53. The molecule has 1 aliphatic rings. The number of carbonyl (C=O) groups is 3. The first-order valence-electron chi connectivity index (χ1n) is 10.5. The molecule has 1 saturated carbocycles. The van der Waals surface area contributed by atoms with Crippen LogP contribution in [-0.2, 0) is 24.1 Å². The van der Waals surface area contributed by atoms with Gasteiger partial charge in [0.25, 0.3) is 0 Å². The normalized spacial score (nSPS) is 15.0. The first kappa shape index (κ1) is 24.4. The van der Waals surface area contributed by atoms with Crippen LogP contribution in [0.3, 0.4) is 0 Å². The zero-order valence-corrected chi connectivity index (χ0v) is 19.9. The highest BCUT2D eigenvalue weighted by molar-refractivity contribution is 7.93. The number of hydrogen-bond acceptors (Lipinski definition) is 7. The largest absolute Gasteiger partial charge is 0.465 e. The van der Waals surface area contributed by atoms with Crippen molar-refractivity contribution < 1.29 is 32.3 Å². The van der Waals surface area contributed by atoms with Gasteiger partial charge in [-0.05, 0) is 62.1 Å². The monoisotopic (exact) mass is 473 g/mol. The number of ether oxygens (including phenoxy) is 2. The molecule has 1 amide bonds. The number of carbonyl (C=O) groups excluding carboxylic acids is 3. The van der Waals surface area contributed by atoms with E-state index in [0.717, 1.165) is 5.56 Å². The van der Waals surface area contributed by atoms with Crippen molar-refractivity contribution in [2.45, 2.75) is 49.2 Å². The molecule has 0 bridgehead atoms. The molecule has 1 fully saturated rings. The number of hydrogen-bond donors (Lipinski definition) is 1. The van der Waals surface area contributed by atoms with E-state index in [1.165, 1.54) is 32.4 Å². The summed E-state index contributed by atoms with van der Waals surface area (Å²) in [5, 5.41) is 2.64. The Labute approximate surface area is 193 Å². The van der Waals surface area contributed by atoms with E-state index in [1.807, 2.05) is 6.07 Å². The van der Waals surface area contributed by atoms with Gasteiger partial charge in [0, 0.05) is 5.69 Å². The SMILES string of the molecule is COC(=O)c1cc(NC(=O)C2(S(=O)(=O)c3cc(C)ccc3C)CCCC2)cc(C(=O)OC)c1. The van der Waals surface area contributed by atoms with Crippen molar-refractivity contribution in [3.05, 3.63) is 58.7 Å². The van der Waals surface area contributed by atoms with Crippen LogP contribution in [0.5, 0.6) is 0 Å². The van der Waals surface area contributed by atoms with Crippen LogP contribution < -0.4 is 5.32 Å². The Balaban J connectivity index is 2.06. The standard InChI is InChI=1S/C24H27NO7S/c1-15-7-8-16(2)20(11-15)33(29,30)24(9-5-6-10-24)23(28)25-19-13-17(21(26)31-3)12-18(14-19)22(27)32-4/h7-8,11-14H,5-6,9-10H2,1-4H3,(H,25,28). The summed E-state index contributed by atoms with van der Waals surface area (Å²) < 4.78 is 35.4. The van der Waals surface area contributed by atoms with Crippen molar-refractivity contribution in [1.82, 2.24) is 0 Å². The third kappa shape index (κ3) is 4.50. The van der Waals surface area contributed by atoms with Gasteiger partial charge >= 0.3 is 11.9 Å². The van der Waals surface area contributed by atoms with Crippen molar-refractivity contribution >= 4 is 33.4 Å². The second-order valence-electron chi connectivity index (χ2n) is 8.21. The molecule has 33 heavy (non-hydrogen) atoms. The van der Waals surface area contributed by atoms with E-state index in [9.17, 15) is 22.8 Å². The number of nitrogens with one attached hydrogen (secondary N) is 1. The van der Waals surface area contributed by atoms with Gasteiger partial charge in [0.15, 0.2) is 14.6 Å². The summed E-state index contributed by atoms with van der Waals surface area (Å²) in [4.78, 5) is 37.8. The molecule has 0 aliphatic heterocycles. The number of amides is 1. The van der Waals surface area contributed by atoms with Crippen molar-refractivity contribution in [2.75, 3.05) is 19.5 Å². The predicted molar refractivity (Wildman–Crippen MR) is 122 cm³/mol. The van der Waals surface area contributed by atoms with Gasteiger partial charge in [0.2, 0.25) is 5.91 Å². The van der Waals surface area contributed by atoms with Crippen LogP contribution in [0.4, 0.5) is 5.69 Å². The minimum Gasteiger partial charge on any atom is -0.465 e. The van der Waals surface area contributed by atoms with Crippen LogP contribution in [0.1, 0.15) is 57.5 Å². The summed E-state index contributed by atoms with van der Waals surface area (Å²) >= 11 is 0. The number of sulfone groups is 1. The second-order valence-corrected chi connectivity index (χ2v) is 10.4. The van der Waals surface area contributed by atoms with E-state index in [0.29, 0.717) is 18.4 Å². The van der Waals surface area contributed by atoms with Gasteiger partial charge in [-0.3, -0.25) is 4.79 Å². The first-order valence-corrected chi connectivity index (χ1v) is 12.0. The summed E-state index contributed by atoms with van der Waals surface area (Å²) in [6.45, 7) is 3.50. The maximum Gasteiger partial charge on any atom is 0.337 e. The maximum atomic E-state index is 13.8. The molecular weight excluding hydrogens is 446 g/mol. The summed E-state index contributed by atoms with van der Waals surface area (Å²) in [5.74, 6) is -2.12. The Morgan fingerprint density at radius 3 is 1.94 bits per heavy atom. The van der Waals surface area contributed by atoms with Crippen LogP contribution in [-0.4, -0.2) is 45.2 Å². The summed E-state index contributed by atoms with van der Waals surface area (Å²) in [6.07, 6.45) is 1.53. The molecule has 1 aliphatic carbocycles.